The predicted octanol–water partition coefficient (Wildman–Crippen LogP) is 4.57. The van der Waals surface area contributed by atoms with Crippen LogP contribution in [0.1, 0.15) is 43.5 Å². The summed E-state index contributed by atoms with van der Waals surface area (Å²) in [5.41, 5.74) is 1.95. The van der Waals surface area contributed by atoms with E-state index in [4.69, 9.17) is 9.47 Å². The summed E-state index contributed by atoms with van der Waals surface area (Å²) in [6.45, 7) is 0.973. The van der Waals surface area contributed by atoms with Gasteiger partial charge >= 0.3 is 0 Å². The summed E-state index contributed by atoms with van der Waals surface area (Å²) in [5, 5.41) is 10.5. The molecule has 1 aliphatic carbocycles. The van der Waals surface area contributed by atoms with Crippen molar-refractivity contribution in [2.24, 2.45) is 0 Å². The van der Waals surface area contributed by atoms with E-state index >= 15 is 0 Å². The van der Waals surface area contributed by atoms with Gasteiger partial charge in [-0.25, -0.2) is 9.97 Å². The smallest absolute Gasteiger partial charge is 0.234 e. The van der Waals surface area contributed by atoms with Crippen LogP contribution in [-0.4, -0.2) is 22.8 Å². The number of benzene rings is 2. The Balaban J connectivity index is 1.59. The SMILES string of the molecule is N#Cc1nc(N(Cc2ccc3c(c2)OCO3)C2CCCCC2)c2ccccc2n1. The van der Waals surface area contributed by atoms with Gasteiger partial charge in [-0.1, -0.05) is 37.5 Å². The Morgan fingerprint density at radius 1 is 1.00 bits per heavy atom. The maximum absolute atomic E-state index is 9.49. The molecule has 6 heteroatoms. The molecule has 0 saturated heterocycles. The molecule has 0 radical (unpaired) electrons. The predicted molar refractivity (Wildman–Crippen MR) is 110 cm³/mol. The Labute approximate surface area is 169 Å². The molecule has 3 aromatic rings. The Bertz CT molecular complexity index is 1090. The highest BCUT2D eigenvalue weighted by Gasteiger charge is 2.26. The number of aromatic nitrogens is 2. The Morgan fingerprint density at radius 3 is 2.69 bits per heavy atom. The highest BCUT2D eigenvalue weighted by atomic mass is 16.7. The number of hydrogen-bond acceptors (Lipinski definition) is 6. The summed E-state index contributed by atoms with van der Waals surface area (Å²) in [6, 6.07) is 16.6. The fourth-order valence-corrected chi connectivity index (χ4v) is 4.33. The van der Waals surface area contributed by atoms with Crippen molar-refractivity contribution in [2.45, 2.75) is 44.7 Å². The number of fused-ring (bicyclic) bond motifs is 2. The normalized spacial score (nSPS) is 16.0. The van der Waals surface area contributed by atoms with Gasteiger partial charge in [0, 0.05) is 18.0 Å². The van der Waals surface area contributed by atoms with Crippen LogP contribution in [0.15, 0.2) is 42.5 Å². The zero-order chi connectivity index (χ0) is 19.6. The van der Waals surface area contributed by atoms with Crippen molar-refractivity contribution in [3.8, 4) is 17.6 Å². The average molecular weight is 386 g/mol. The van der Waals surface area contributed by atoms with E-state index in [1.807, 2.05) is 36.4 Å². The summed E-state index contributed by atoms with van der Waals surface area (Å²) in [7, 11) is 0. The molecule has 0 amide bonds. The van der Waals surface area contributed by atoms with E-state index < -0.39 is 0 Å². The molecule has 0 spiro atoms. The van der Waals surface area contributed by atoms with E-state index in [-0.39, 0.29) is 12.6 Å². The van der Waals surface area contributed by atoms with Gasteiger partial charge in [-0.05, 0) is 42.7 Å². The third kappa shape index (κ3) is 3.44. The molecule has 0 unspecified atom stereocenters. The van der Waals surface area contributed by atoms with Crippen LogP contribution in [-0.2, 0) is 6.54 Å². The van der Waals surface area contributed by atoms with E-state index in [2.05, 4.69) is 27.0 Å². The number of anilines is 1. The van der Waals surface area contributed by atoms with Gasteiger partial charge in [-0.2, -0.15) is 5.26 Å². The fourth-order valence-electron chi connectivity index (χ4n) is 4.33. The summed E-state index contributed by atoms with van der Waals surface area (Å²) in [4.78, 5) is 11.4. The lowest BCUT2D eigenvalue weighted by Gasteiger charge is -2.36. The summed E-state index contributed by atoms with van der Waals surface area (Å²) < 4.78 is 11.0. The standard InChI is InChI=1S/C23H22N4O2/c24-13-22-25-19-9-5-4-8-18(19)23(26-22)27(17-6-2-1-3-7-17)14-16-10-11-20-21(12-16)29-15-28-20/h4-5,8-12,17H,1-3,6-7,14-15H2. The molecule has 5 rings (SSSR count). The number of hydrogen-bond donors (Lipinski definition) is 0. The first-order valence-electron chi connectivity index (χ1n) is 10.1. The van der Waals surface area contributed by atoms with Gasteiger partial charge in [0.15, 0.2) is 11.5 Å². The van der Waals surface area contributed by atoms with Crippen molar-refractivity contribution in [3.05, 3.63) is 53.9 Å². The zero-order valence-electron chi connectivity index (χ0n) is 16.2. The highest BCUT2D eigenvalue weighted by Crippen LogP contribution is 2.36. The number of nitrogens with zero attached hydrogens (tertiary/aromatic N) is 4. The van der Waals surface area contributed by atoms with Gasteiger partial charge in [0.05, 0.1) is 5.52 Å². The van der Waals surface area contributed by atoms with Crippen molar-refractivity contribution in [3.63, 3.8) is 0 Å². The maximum atomic E-state index is 9.49. The van der Waals surface area contributed by atoms with E-state index in [1.54, 1.807) is 0 Å². The topological polar surface area (TPSA) is 71.3 Å². The summed E-state index contributed by atoms with van der Waals surface area (Å²) in [5.74, 6) is 2.63. The fraction of sp³-hybridized carbons (Fsp3) is 0.348. The number of nitriles is 1. The lowest BCUT2D eigenvalue weighted by atomic mass is 9.93. The number of rotatable bonds is 4. The van der Waals surface area contributed by atoms with Crippen molar-refractivity contribution in [2.75, 3.05) is 11.7 Å². The summed E-state index contributed by atoms with van der Waals surface area (Å²) >= 11 is 0. The second-order valence-electron chi connectivity index (χ2n) is 7.61. The molecule has 29 heavy (non-hydrogen) atoms. The van der Waals surface area contributed by atoms with Gasteiger partial charge in [-0.3, -0.25) is 0 Å². The number of para-hydroxylation sites is 1. The van der Waals surface area contributed by atoms with Gasteiger partial charge in [0.25, 0.3) is 0 Å². The molecule has 1 saturated carbocycles. The average Bonchev–Trinajstić information content (AvgIpc) is 3.25. The lowest BCUT2D eigenvalue weighted by molar-refractivity contribution is 0.174. The summed E-state index contributed by atoms with van der Waals surface area (Å²) in [6.07, 6.45) is 5.98. The monoisotopic (exact) mass is 386 g/mol. The van der Waals surface area contributed by atoms with E-state index in [0.29, 0.717) is 12.6 Å². The molecular formula is C23H22N4O2. The minimum absolute atomic E-state index is 0.213. The van der Waals surface area contributed by atoms with Crippen LogP contribution in [0.5, 0.6) is 11.5 Å². The third-order valence-corrected chi connectivity index (χ3v) is 5.76. The van der Waals surface area contributed by atoms with E-state index in [9.17, 15) is 5.26 Å². The van der Waals surface area contributed by atoms with Crippen LogP contribution in [0, 0.1) is 11.3 Å². The van der Waals surface area contributed by atoms with Gasteiger partial charge in [0.1, 0.15) is 11.9 Å². The highest BCUT2D eigenvalue weighted by molar-refractivity contribution is 5.90. The second-order valence-corrected chi connectivity index (χ2v) is 7.61. The molecule has 1 fully saturated rings. The van der Waals surface area contributed by atoms with Crippen LogP contribution in [0.25, 0.3) is 10.9 Å². The Hall–Kier alpha value is -3.33. The van der Waals surface area contributed by atoms with E-state index in [0.717, 1.165) is 46.6 Å². The Kier molecular flexibility index (Phi) is 4.65. The first-order valence-corrected chi connectivity index (χ1v) is 10.1. The third-order valence-electron chi connectivity index (χ3n) is 5.76. The van der Waals surface area contributed by atoms with Gasteiger partial charge in [-0.15, -0.1) is 0 Å². The van der Waals surface area contributed by atoms with Gasteiger partial charge in [0.2, 0.25) is 12.6 Å². The van der Waals surface area contributed by atoms with Crippen LogP contribution in [0.2, 0.25) is 0 Å². The second kappa shape index (κ2) is 7.59. The van der Waals surface area contributed by atoms with Crippen LogP contribution in [0.3, 0.4) is 0 Å². The minimum Gasteiger partial charge on any atom is -0.454 e. The van der Waals surface area contributed by atoms with Crippen LogP contribution >= 0.6 is 0 Å². The first kappa shape index (κ1) is 17.7. The first-order chi connectivity index (χ1) is 14.3. The quantitative estimate of drug-likeness (QED) is 0.654. The van der Waals surface area contributed by atoms with Crippen LogP contribution in [0.4, 0.5) is 5.82 Å². The van der Waals surface area contributed by atoms with Crippen LogP contribution < -0.4 is 14.4 Å². The molecule has 1 aromatic heterocycles. The van der Waals surface area contributed by atoms with Crippen molar-refractivity contribution in [1.29, 1.82) is 5.26 Å². The molecule has 2 aromatic carbocycles. The molecule has 1 aliphatic heterocycles. The van der Waals surface area contributed by atoms with E-state index in [1.165, 1.54) is 19.3 Å². The van der Waals surface area contributed by atoms with Crippen molar-refractivity contribution < 1.29 is 9.47 Å². The minimum atomic E-state index is 0.213. The van der Waals surface area contributed by atoms with Gasteiger partial charge < -0.3 is 14.4 Å². The molecule has 0 N–H and O–H groups in total. The number of ether oxygens (including phenoxy) is 2. The van der Waals surface area contributed by atoms with Crippen molar-refractivity contribution >= 4 is 16.7 Å². The molecule has 2 heterocycles. The largest absolute Gasteiger partial charge is 0.454 e. The molecule has 6 nitrogen and oxygen atoms in total. The Morgan fingerprint density at radius 2 is 1.83 bits per heavy atom. The molecule has 2 aliphatic rings. The maximum Gasteiger partial charge on any atom is 0.234 e. The molecular weight excluding hydrogens is 364 g/mol. The van der Waals surface area contributed by atoms with Crippen molar-refractivity contribution in [1.82, 2.24) is 9.97 Å². The molecule has 146 valence electrons. The molecule has 0 atom stereocenters. The zero-order valence-corrected chi connectivity index (χ0v) is 16.2. The molecule has 0 bridgehead atoms. The lowest BCUT2D eigenvalue weighted by Crippen LogP contribution is -2.37.